The lowest BCUT2D eigenvalue weighted by molar-refractivity contribution is 0.247. The largest absolute Gasteiger partial charge is 0.487 e. The van der Waals surface area contributed by atoms with Crippen molar-refractivity contribution in [1.82, 2.24) is 4.72 Å². The molecule has 0 spiro atoms. The average Bonchev–Trinajstić information content (AvgIpc) is 3.41. The van der Waals surface area contributed by atoms with Crippen molar-refractivity contribution in [2.24, 2.45) is 10.2 Å². The lowest BCUT2D eigenvalue weighted by Crippen LogP contribution is -2.26. The van der Waals surface area contributed by atoms with E-state index in [0.717, 1.165) is 12.1 Å². The number of fused-ring (bicyclic) bond motifs is 1. The first kappa shape index (κ1) is 35.3. The molecule has 0 aliphatic heterocycles. The SMILES string of the molecule is CCc1c(S(=O)(=O)NCP(=O)(O)Oc2ccc(C#N)c(F)c2)sc2c(F)c(OCCCN=[N+]=[N-])c(OCCCN=[N+]=[N-])c(F)c12. The third kappa shape index (κ3) is 8.71. The topological polar surface area (TPSA) is 232 Å². The van der Waals surface area contributed by atoms with Crippen LogP contribution in [-0.2, 0) is 21.0 Å². The van der Waals surface area contributed by atoms with Crippen LogP contribution in [0.3, 0.4) is 0 Å². The maximum atomic E-state index is 16.0. The number of sulfonamides is 1. The van der Waals surface area contributed by atoms with Crippen LogP contribution >= 0.6 is 18.9 Å². The van der Waals surface area contributed by atoms with E-state index in [1.807, 2.05) is 4.72 Å². The molecule has 0 bridgehead atoms. The quantitative estimate of drug-likeness (QED) is 0.0527. The minimum atomic E-state index is -4.79. The van der Waals surface area contributed by atoms with Gasteiger partial charge in [0.15, 0.2) is 11.6 Å². The van der Waals surface area contributed by atoms with Crippen molar-refractivity contribution < 1.29 is 45.0 Å². The molecule has 0 amide bonds. The number of nitrogens with zero attached hydrogens (tertiary/aromatic N) is 7. The highest BCUT2D eigenvalue weighted by Crippen LogP contribution is 2.47. The molecule has 3 aromatic rings. The minimum Gasteiger partial charge on any atom is -0.487 e. The van der Waals surface area contributed by atoms with Gasteiger partial charge in [-0.2, -0.15) is 9.98 Å². The highest BCUT2D eigenvalue weighted by atomic mass is 32.2. The fourth-order valence-electron chi connectivity index (χ4n) is 3.82. The molecule has 1 unspecified atom stereocenters. The van der Waals surface area contributed by atoms with Crippen LogP contribution in [0.4, 0.5) is 13.2 Å². The molecule has 45 heavy (non-hydrogen) atoms. The zero-order valence-electron chi connectivity index (χ0n) is 23.3. The zero-order chi connectivity index (χ0) is 33.2. The lowest BCUT2D eigenvalue weighted by Gasteiger charge is -2.16. The number of halogens is 3. The number of azide groups is 2. The van der Waals surface area contributed by atoms with Crippen LogP contribution in [0.25, 0.3) is 31.0 Å². The maximum Gasteiger partial charge on any atom is 0.391 e. The summed E-state index contributed by atoms with van der Waals surface area (Å²) in [5.41, 5.74) is 16.3. The Bertz CT molecular complexity index is 1870. The zero-order valence-corrected chi connectivity index (χ0v) is 25.8. The summed E-state index contributed by atoms with van der Waals surface area (Å²) in [6.45, 7) is 1.04. The number of ether oxygens (including phenoxy) is 2. The Hall–Kier alpha value is -4.20. The second-order valence-electron chi connectivity index (χ2n) is 8.81. The molecule has 1 aromatic heterocycles. The van der Waals surface area contributed by atoms with E-state index in [1.165, 1.54) is 6.92 Å². The molecule has 0 radical (unpaired) electrons. The summed E-state index contributed by atoms with van der Waals surface area (Å²) < 4.78 is 102. The standard InChI is InChI=1S/C24H24F3N8O7PS2/c1-2-16-18-19(26)21(40-9-3-7-31-34-29)22(41-10-4-8-32-35-30)20(27)23(18)44-24(16)45(38,39)33-13-43(36,37)42-15-6-5-14(12-28)17(25)11-15/h5-6,11,33H,2-4,7-10,13H2,1H3,(H,36,37). The second kappa shape index (κ2) is 15.7. The first-order chi connectivity index (χ1) is 21.4. The Kier molecular flexibility index (Phi) is 12.3. The van der Waals surface area contributed by atoms with Gasteiger partial charge < -0.3 is 18.9 Å². The van der Waals surface area contributed by atoms with E-state index in [1.54, 1.807) is 6.07 Å². The summed E-state index contributed by atoms with van der Waals surface area (Å²) in [5.74, 6) is -5.06. The van der Waals surface area contributed by atoms with Gasteiger partial charge in [-0.3, -0.25) is 0 Å². The molecular weight excluding hydrogens is 664 g/mol. The Balaban J connectivity index is 1.98. The molecule has 0 saturated carbocycles. The molecule has 0 fully saturated rings. The number of hydrogen-bond acceptors (Lipinski definition) is 10. The summed E-state index contributed by atoms with van der Waals surface area (Å²) in [6.07, 6.45) is -1.05. The third-order valence-corrected chi connectivity index (χ3v) is 10.2. The fourth-order valence-corrected chi connectivity index (χ4v) is 8.28. The molecule has 1 atom stereocenters. The van der Waals surface area contributed by atoms with Crippen molar-refractivity contribution in [3.05, 3.63) is 67.7 Å². The van der Waals surface area contributed by atoms with Gasteiger partial charge in [-0.25, -0.2) is 26.2 Å². The van der Waals surface area contributed by atoms with E-state index < -0.39 is 72.9 Å². The van der Waals surface area contributed by atoms with Crippen LogP contribution in [-0.4, -0.2) is 45.9 Å². The maximum absolute atomic E-state index is 16.0. The average molecular weight is 689 g/mol. The Morgan fingerprint density at radius 2 is 1.69 bits per heavy atom. The molecule has 0 aliphatic rings. The highest BCUT2D eigenvalue weighted by Gasteiger charge is 2.33. The highest BCUT2D eigenvalue weighted by molar-refractivity contribution is 7.92. The predicted octanol–water partition coefficient (Wildman–Crippen LogP) is 6.41. The molecular formula is C24H24F3N8O7PS2. The summed E-state index contributed by atoms with van der Waals surface area (Å²) in [5, 5.41) is 15.1. The first-order valence-corrected chi connectivity index (χ1v) is 16.9. The number of nitriles is 1. The third-order valence-electron chi connectivity index (χ3n) is 5.78. The van der Waals surface area contributed by atoms with Gasteiger partial charge in [0.05, 0.1) is 23.5 Å². The molecule has 2 aromatic carbocycles. The van der Waals surface area contributed by atoms with E-state index in [9.17, 15) is 22.3 Å². The van der Waals surface area contributed by atoms with Crippen LogP contribution in [0.5, 0.6) is 17.2 Å². The summed E-state index contributed by atoms with van der Waals surface area (Å²) >= 11 is 0.347. The summed E-state index contributed by atoms with van der Waals surface area (Å²) in [4.78, 5) is 15.4. The number of thiophene rings is 1. The Labute approximate surface area is 258 Å². The first-order valence-electron chi connectivity index (χ1n) is 12.8. The number of aryl methyl sites for hydroxylation is 1. The van der Waals surface area contributed by atoms with E-state index in [4.69, 9.17) is 30.3 Å². The van der Waals surface area contributed by atoms with Crippen molar-refractivity contribution >= 4 is 39.0 Å². The molecule has 0 saturated heterocycles. The Morgan fingerprint density at radius 1 is 1.09 bits per heavy atom. The minimum absolute atomic E-state index is 0.00318. The van der Waals surface area contributed by atoms with E-state index >= 15 is 8.78 Å². The van der Waals surface area contributed by atoms with E-state index in [0.29, 0.717) is 17.4 Å². The van der Waals surface area contributed by atoms with E-state index in [2.05, 4.69) is 20.1 Å². The van der Waals surface area contributed by atoms with Gasteiger partial charge >= 0.3 is 7.60 Å². The van der Waals surface area contributed by atoms with Crippen LogP contribution in [0.15, 0.2) is 32.6 Å². The van der Waals surface area contributed by atoms with Gasteiger partial charge in [0.2, 0.25) is 11.5 Å². The van der Waals surface area contributed by atoms with Crippen LogP contribution < -0.4 is 18.7 Å². The van der Waals surface area contributed by atoms with E-state index in [-0.39, 0.29) is 56.7 Å². The molecule has 15 nitrogen and oxygen atoms in total. The van der Waals surface area contributed by atoms with Gasteiger partial charge in [-0.15, -0.1) is 11.3 Å². The molecule has 21 heteroatoms. The van der Waals surface area contributed by atoms with Crippen LogP contribution in [0.1, 0.15) is 30.9 Å². The van der Waals surface area contributed by atoms with Gasteiger partial charge in [-0.05, 0) is 48.0 Å². The molecule has 0 aliphatic carbocycles. The van der Waals surface area contributed by atoms with Gasteiger partial charge in [0, 0.05) is 34.4 Å². The second-order valence-corrected chi connectivity index (χ2v) is 13.6. The van der Waals surface area contributed by atoms with Crippen molar-refractivity contribution in [2.45, 2.75) is 30.4 Å². The Morgan fingerprint density at radius 3 is 2.22 bits per heavy atom. The normalized spacial score (nSPS) is 12.4. The molecule has 1 heterocycles. The predicted molar refractivity (Wildman–Crippen MR) is 156 cm³/mol. The van der Waals surface area contributed by atoms with Crippen LogP contribution in [0, 0.1) is 28.8 Å². The van der Waals surface area contributed by atoms with Crippen molar-refractivity contribution in [3.8, 4) is 23.3 Å². The number of benzene rings is 2. The smallest absolute Gasteiger partial charge is 0.391 e. The van der Waals surface area contributed by atoms with Crippen molar-refractivity contribution in [3.63, 3.8) is 0 Å². The van der Waals surface area contributed by atoms with Gasteiger partial charge in [0.1, 0.15) is 28.1 Å². The monoisotopic (exact) mass is 688 g/mol. The van der Waals surface area contributed by atoms with Gasteiger partial charge in [0.25, 0.3) is 10.0 Å². The number of hydrogen-bond donors (Lipinski definition) is 2. The van der Waals surface area contributed by atoms with Crippen molar-refractivity contribution in [1.29, 1.82) is 5.26 Å². The van der Waals surface area contributed by atoms with Gasteiger partial charge in [-0.1, -0.05) is 17.2 Å². The van der Waals surface area contributed by atoms with Crippen LogP contribution in [0.2, 0.25) is 0 Å². The van der Waals surface area contributed by atoms with Crippen molar-refractivity contribution in [2.75, 3.05) is 32.6 Å². The lowest BCUT2D eigenvalue weighted by atomic mass is 10.1. The molecule has 3 rings (SSSR count). The summed E-state index contributed by atoms with van der Waals surface area (Å²) in [6, 6.07) is 4.28. The summed E-state index contributed by atoms with van der Waals surface area (Å²) in [7, 11) is -9.48. The fraction of sp³-hybridized carbons (Fsp3) is 0.375. The number of rotatable bonds is 17. The molecule has 2 N–H and O–H groups in total. The number of nitrogens with one attached hydrogen (secondary N) is 1. The molecule has 240 valence electrons.